The van der Waals surface area contributed by atoms with E-state index in [1.54, 1.807) is 6.92 Å². The summed E-state index contributed by atoms with van der Waals surface area (Å²) in [5, 5.41) is 0. The monoisotopic (exact) mass is 794 g/mol. The predicted molar refractivity (Wildman–Crippen MR) is 213 cm³/mol. The molecule has 8 rings (SSSR count). The third-order valence-electron chi connectivity index (χ3n) is 10.4. The first-order valence-corrected chi connectivity index (χ1v) is 21.0. The van der Waals surface area contributed by atoms with Crippen LogP contribution in [0.2, 0.25) is 0 Å². The molecular formula is C45H37F3O4S3. The standard InChI is InChI=1S/C44H37OS2.CHF3O3S/c1-28(45)29-15-22-36-37-23-18-31(26-41(37)44(4,5)40(36)25-29)46-30-16-19-33(20-17-30)47(32-11-7-6-8-12-32)34-21-24-38-35-13-9-10-14-39(35)43(2,3)42(38)27-34;2-1(3,4)8(5,6)7/h6-27H,1-5H3;(H,5,6,7)/q+1;/p-1. The number of hydrogen-bond donors (Lipinski definition) is 0. The van der Waals surface area contributed by atoms with E-state index in [9.17, 15) is 18.0 Å². The minimum atomic E-state index is -6.09. The lowest BCUT2D eigenvalue weighted by Gasteiger charge is -2.22. The van der Waals surface area contributed by atoms with Gasteiger partial charge in [0.05, 0.1) is 10.9 Å². The maximum Gasteiger partial charge on any atom is 0.485 e. The van der Waals surface area contributed by atoms with Gasteiger partial charge in [-0.25, -0.2) is 8.42 Å². The van der Waals surface area contributed by atoms with Crippen LogP contribution in [0.5, 0.6) is 0 Å². The number of Topliss-reactive ketones (excluding diaryl/α,β-unsaturated/α-hetero) is 1. The molecule has 0 saturated carbocycles. The number of carbonyl (C=O) groups is 1. The van der Waals surface area contributed by atoms with Crippen molar-refractivity contribution in [3.8, 4) is 22.3 Å². The average molecular weight is 795 g/mol. The highest BCUT2D eigenvalue weighted by molar-refractivity contribution is 7.99. The van der Waals surface area contributed by atoms with Crippen molar-refractivity contribution in [2.45, 2.75) is 75.4 Å². The average Bonchev–Trinajstić information content (AvgIpc) is 3.51. The van der Waals surface area contributed by atoms with Crippen LogP contribution in [-0.2, 0) is 31.8 Å². The van der Waals surface area contributed by atoms with E-state index in [1.807, 2.05) is 17.8 Å². The summed E-state index contributed by atoms with van der Waals surface area (Å²) in [5.74, 6) is 0.111. The summed E-state index contributed by atoms with van der Waals surface area (Å²) in [5.41, 5.74) is 5.55. The Labute approximate surface area is 326 Å². The van der Waals surface area contributed by atoms with Gasteiger partial charge in [-0.1, -0.05) is 100 Å². The zero-order valence-electron chi connectivity index (χ0n) is 30.7. The summed E-state index contributed by atoms with van der Waals surface area (Å²) in [7, 11) is -6.32. The Morgan fingerprint density at radius 1 is 0.582 bits per heavy atom. The molecule has 0 bridgehead atoms. The minimum Gasteiger partial charge on any atom is -0.741 e. The Morgan fingerprint density at radius 2 is 1.04 bits per heavy atom. The van der Waals surface area contributed by atoms with Crippen LogP contribution in [0.4, 0.5) is 13.2 Å². The van der Waals surface area contributed by atoms with E-state index in [4.69, 9.17) is 13.0 Å². The number of ketones is 1. The van der Waals surface area contributed by atoms with E-state index in [2.05, 4.69) is 155 Å². The maximum atomic E-state index is 12.1. The fourth-order valence-electron chi connectivity index (χ4n) is 7.55. The van der Waals surface area contributed by atoms with Crippen LogP contribution in [0.15, 0.2) is 158 Å². The zero-order valence-corrected chi connectivity index (χ0v) is 33.1. The fourth-order valence-corrected chi connectivity index (χ4v) is 10.5. The molecular weight excluding hydrogens is 758 g/mol. The largest absolute Gasteiger partial charge is 0.741 e. The number of fused-ring (bicyclic) bond motifs is 6. The molecule has 55 heavy (non-hydrogen) atoms. The summed E-state index contributed by atoms with van der Waals surface area (Å²) in [4.78, 5) is 18.6. The minimum absolute atomic E-state index is 0.0321. The van der Waals surface area contributed by atoms with Gasteiger partial charge in [0.2, 0.25) is 0 Å². The van der Waals surface area contributed by atoms with Crippen molar-refractivity contribution in [2.75, 3.05) is 0 Å². The van der Waals surface area contributed by atoms with Gasteiger partial charge in [0.1, 0.15) is 0 Å². The first-order valence-electron chi connectivity index (χ1n) is 17.5. The van der Waals surface area contributed by atoms with E-state index in [0.29, 0.717) is 0 Å². The molecule has 280 valence electrons. The molecule has 0 amide bonds. The lowest BCUT2D eigenvalue weighted by molar-refractivity contribution is -0.0517. The lowest BCUT2D eigenvalue weighted by Crippen LogP contribution is -2.21. The van der Waals surface area contributed by atoms with Crippen LogP contribution in [0.1, 0.15) is 67.2 Å². The Hall–Kier alpha value is -4.61. The van der Waals surface area contributed by atoms with E-state index < -0.39 is 15.6 Å². The molecule has 10 heteroatoms. The lowest BCUT2D eigenvalue weighted by atomic mass is 9.82. The number of halogens is 3. The first kappa shape index (κ1) is 38.7. The molecule has 4 nitrogen and oxygen atoms in total. The van der Waals surface area contributed by atoms with Crippen LogP contribution >= 0.6 is 11.8 Å². The number of rotatable bonds is 6. The summed E-state index contributed by atoms with van der Waals surface area (Å²) < 4.78 is 58.9. The summed E-state index contributed by atoms with van der Waals surface area (Å²) in [6.45, 7) is 10.9. The Morgan fingerprint density at radius 3 is 1.65 bits per heavy atom. The highest BCUT2D eigenvalue weighted by Gasteiger charge is 2.39. The summed E-state index contributed by atoms with van der Waals surface area (Å²) >= 11 is 1.81. The van der Waals surface area contributed by atoms with Gasteiger partial charge in [-0.15, -0.1) is 0 Å². The molecule has 0 saturated heterocycles. The molecule has 6 aromatic rings. The highest BCUT2D eigenvalue weighted by Crippen LogP contribution is 2.51. The predicted octanol–water partition coefficient (Wildman–Crippen LogP) is 11.8. The van der Waals surface area contributed by atoms with Crippen LogP contribution in [0, 0.1) is 0 Å². The SMILES string of the molecule is CC(=O)c1ccc2c(c1)C(C)(C)c1cc(Sc3ccc([S+](c4ccccc4)c4ccc5c(c4)C(C)(C)c4ccccc4-5)cc3)ccc1-2.O=S(=O)([O-])C(F)(F)F. The van der Waals surface area contributed by atoms with Gasteiger partial charge in [0.15, 0.2) is 30.6 Å². The second-order valence-electron chi connectivity index (χ2n) is 14.6. The molecule has 0 heterocycles. The van der Waals surface area contributed by atoms with Crippen molar-refractivity contribution in [1.29, 1.82) is 0 Å². The topological polar surface area (TPSA) is 74.3 Å². The molecule has 1 unspecified atom stereocenters. The molecule has 0 N–H and O–H groups in total. The van der Waals surface area contributed by atoms with Crippen molar-refractivity contribution < 1.29 is 30.9 Å². The summed E-state index contributed by atoms with van der Waals surface area (Å²) in [6.07, 6.45) is 0. The smallest absolute Gasteiger partial charge is 0.485 e. The highest BCUT2D eigenvalue weighted by atomic mass is 32.2. The Balaban J connectivity index is 0.000000526. The van der Waals surface area contributed by atoms with Gasteiger partial charge in [0.25, 0.3) is 0 Å². The van der Waals surface area contributed by atoms with Crippen LogP contribution in [0.25, 0.3) is 22.3 Å². The third-order valence-corrected chi connectivity index (χ3v) is 14.2. The van der Waals surface area contributed by atoms with E-state index >= 15 is 0 Å². The summed E-state index contributed by atoms with van der Waals surface area (Å²) in [6, 6.07) is 49.2. The van der Waals surface area contributed by atoms with Gasteiger partial charge >= 0.3 is 5.51 Å². The molecule has 2 aliphatic rings. The van der Waals surface area contributed by atoms with Crippen molar-refractivity contribution >= 4 is 38.6 Å². The quantitative estimate of drug-likeness (QED) is 0.0726. The fraction of sp³-hybridized carbons (Fsp3) is 0.178. The van der Waals surface area contributed by atoms with Crippen LogP contribution < -0.4 is 0 Å². The first-order chi connectivity index (χ1) is 25.9. The van der Waals surface area contributed by atoms with Gasteiger partial charge in [0, 0.05) is 26.2 Å². The van der Waals surface area contributed by atoms with Crippen LogP contribution in [-0.4, -0.2) is 24.3 Å². The molecule has 2 aliphatic carbocycles. The maximum absolute atomic E-state index is 12.1. The molecule has 0 spiro atoms. The molecule has 6 aromatic carbocycles. The van der Waals surface area contributed by atoms with Gasteiger partial charge < -0.3 is 4.55 Å². The van der Waals surface area contributed by atoms with Crippen LogP contribution in [0.3, 0.4) is 0 Å². The number of carbonyl (C=O) groups excluding carboxylic acids is 1. The normalized spacial score (nSPS) is 15.1. The van der Waals surface area contributed by atoms with E-state index in [0.717, 1.165) is 5.56 Å². The number of hydrogen-bond acceptors (Lipinski definition) is 5. The third kappa shape index (κ3) is 7.17. The van der Waals surface area contributed by atoms with Crippen molar-refractivity contribution in [1.82, 2.24) is 0 Å². The second-order valence-corrected chi connectivity index (χ2v) is 19.2. The zero-order chi connectivity index (χ0) is 39.5. The molecule has 1 atom stereocenters. The Bertz CT molecular complexity index is 2560. The van der Waals surface area contributed by atoms with E-state index in [-0.39, 0.29) is 27.5 Å². The number of alkyl halides is 3. The van der Waals surface area contributed by atoms with E-state index in [1.165, 1.54) is 69.0 Å². The molecule has 0 fully saturated rings. The molecule has 0 aromatic heterocycles. The van der Waals surface area contributed by atoms with Crippen molar-refractivity contribution in [2.24, 2.45) is 0 Å². The van der Waals surface area contributed by atoms with Gasteiger partial charge in [-0.2, -0.15) is 13.2 Å². The molecule has 0 aliphatic heterocycles. The van der Waals surface area contributed by atoms with Crippen molar-refractivity contribution in [3.63, 3.8) is 0 Å². The number of benzene rings is 6. The Kier molecular flexibility index (Phi) is 9.95. The molecule has 0 radical (unpaired) electrons. The second kappa shape index (κ2) is 14.2. The van der Waals surface area contributed by atoms with Gasteiger partial charge in [-0.3, -0.25) is 4.79 Å². The van der Waals surface area contributed by atoms with Gasteiger partial charge in [-0.05, 0) is 124 Å². The van der Waals surface area contributed by atoms with Crippen molar-refractivity contribution in [3.05, 3.63) is 161 Å².